The zero-order valence-electron chi connectivity index (χ0n) is 15.2. The lowest BCUT2D eigenvalue weighted by molar-refractivity contribution is -0.383. The molecule has 0 radical (unpaired) electrons. The molecule has 1 atom stereocenters. The van der Waals surface area contributed by atoms with Gasteiger partial charge in [0.2, 0.25) is 0 Å². The summed E-state index contributed by atoms with van der Waals surface area (Å²) in [4.78, 5) is 23.9. The van der Waals surface area contributed by atoms with Gasteiger partial charge in [0, 0.05) is 44.9 Å². The van der Waals surface area contributed by atoms with Crippen molar-refractivity contribution >= 4 is 28.7 Å². The monoisotopic (exact) mass is 371 g/mol. The third kappa shape index (κ3) is 3.31. The topological polar surface area (TPSA) is 109 Å². The lowest BCUT2D eigenvalue weighted by atomic mass is 10.1. The number of nitro groups is 1. The quantitative estimate of drug-likeness (QED) is 0.613. The third-order valence-electron chi connectivity index (χ3n) is 4.89. The summed E-state index contributed by atoms with van der Waals surface area (Å²) in [5.41, 5.74) is 1.10. The Morgan fingerprint density at radius 3 is 2.85 bits per heavy atom. The van der Waals surface area contributed by atoms with Gasteiger partial charge in [0.15, 0.2) is 0 Å². The van der Waals surface area contributed by atoms with Crippen molar-refractivity contribution in [1.29, 1.82) is 0 Å². The molecule has 0 amide bonds. The average Bonchev–Trinajstić information content (AvgIpc) is 2.67. The number of nitro benzene ring substituents is 1. The van der Waals surface area contributed by atoms with Crippen LogP contribution < -0.4 is 20.3 Å². The predicted molar refractivity (Wildman–Crippen MR) is 102 cm³/mol. The van der Waals surface area contributed by atoms with Crippen LogP contribution in [0.4, 0.5) is 28.7 Å². The molecule has 0 aliphatic carbocycles. The molecule has 2 aromatic rings. The summed E-state index contributed by atoms with van der Waals surface area (Å²) in [5.74, 6) is 1.72. The predicted octanol–water partition coefficient (Wildman–Crippen LogP) is 1.68. The van der Waals surface area contributed by atoms with Crippen LogP contribution >= 0.6 is 0 Å². The highest BCUT2D eigenvalue weighted by Gasteiger charge is 2.34. The first-order valence-corrected chi connectivity index (χ1v) is 8.72. The van der Waals surface area contributed by atoms with Crippen molar-refractivity contribution in [3.05, 3.63) is 34.6 Å². The first kappa shape index (κ1) is 17.3. The Balaban J connectivity index is 1.70. The Kier molecular flexibility index (Phi) is 4.40. The maximum atomic E-state index is 11.7. The van der Waals surface area contributed by atoms with Crippen molar-refractivity contribution in [2.24, 2.45) is 0 Å². The van der Waals surface area contributed by atoms with Gasteiger partial charge < -0.3 is 25.2 Å². The average molecular weight is 371 g/mol. The molecule has 4 rings (SSSR count). The number of ether oxygens (including phenoxy) is 1. The third-order valence-corrected chi connectivity index (χ3v) is 4.89. The second kappa shape index (κ2) is 6.88. The summed E-state index contributed by atoms with van der Waals surface area (Å²) in [7, 11) is 3.82. The minimum atomic E-state index is -0.386. The van der Waals surface area contributed by atoms with Gasteiger partial charge in [0.25, 0.3) is 5.69 Å². The van der Waals surface area contributed by atoms with E-state index >= 15 is 0 Å². The molecule has 2 aliphatic rings. The molecular weight excluding hydrogens is 350 g/mol. The van der Waals surface area contributed by atoms with E-state index in [9.17, 15) is 10.1 Å². The zero-order chi connectivity index (χ0) is 19.0. The van der Waals surface area contributed by atoms with E-state index in [1.807, 2.05) is 0 Å². The number of nitrogens with zero attached hydrogens (tertiary/aromatic N) is 5. The fourth-order valence-electron chi connectivity index (χ4n) is 3.51. The Morgan fingerprint density at radius 1 is 1.26 bits per heavy atom. The summed E-state index contributed by atoms with van der Waals surface area (Å²) in [6.07, 6.45) is 1.39. The highest BCUT2D eigenvalue weighted by Crippen LogP contribution is 2.42. The van der Waals surface area contributed by atoms with Crippen molar-refractivity contribution in [2.75, 3.05) is 55.9 Å². The van der Waals surface area contributed by atoms with Gasteiger partial charge in [0.05, 0.1) is 16.7 Å². The molecule has 0 unspecified atom stereocenters. The molecule has 2 N–H and O–H groups in total. The Morgan fingerprint density at radius 2 is 2.07 bits per heavy atom. The molecule has 0 saturated carbocycles. The minimum Gasteiger partial charge on any atom is -0.489 e. The number of rotatable bonds is 4. The SMILES string of the molecule is CNc1cc(Nc2cc3c(cc2[N+](=O)[O-])N2CCN(C)C[C@H]2CO3)ncn1. The van der Waals surface area contributed by atoms with E-state index in [2.05, 4.69) is 37.4 Å². The number of benzene rings is 1. The first-order chi connectivity index (χ1) is 13.0. The Bertz CT molecular complexity index is 876. The largest absolute Gasteiger partial charge is 0.489 e. The van der Waals surface area contributed by atoms with E-state index in [4.69, 9.17) is 4.74 Å². The molecule has 1 aromatic carbocycles. The van der Waals surface area contributed by atoms with Crippen LogP contribution in [-0.4, -0.2) is 66.2 Å². The number of hydrogen-bond acceptors (Lipinski definition) is 9. The van der Waals surface area contributed by atoms with Gasteiger partial charge in [-0.2, -0.15) is 0 Å². The molecule has 10 nitrogen and oxygen atoms in total. The maximum Gasteiger partial charge on any atom is 0.295 e. The molecule has 3 heterocycles. The summed E-state index contributed by atoms with van der Waals surface area (Å²) >= 11 is 0. The Labute approximate surface area is 156 Å². The number of hydrogen-bond donors (Lipinski definition) is 2. The van der Waals surface area contributed by atoms with E-state index < -0.39 is 0 Å². The normalized spacial score (nSPS) is 18.9. The lowest BCUT2D eigenvalue weighted by Crippen LogP contribution is -2.56. The smallest absolute Gasteiger partial charge is 0.295 e. The zero-order valence-corrected chi connectivity index (χ0v) is 15.2. The molecule has 0 spiro atoms. The second-order valence-electron chi connectivity index (χ2n) is 6.68. The molecule has 2 aliphatic heterocycles. The van der Waals surface area contributed by atoms with Crippen LogP contribution in [0.2, 0.25) is 0 Å². The van der Waals surface area contributed by atoms with Crippen LogP contribution in [0.3, 0.4) is 0 Å². The number of likely N-dealkylation sites (N-methyl/N-ethyl adjacent to an activating group) is 1. The van der Waals surface area contributed by atoms with Gasteiger partial charge in [-0.3, -0.25) is 10.1 Å². The van der Waals surface area contributed by atoms with E-state index in [1.165, 1.54) is 6.33 Å². The molecule has 1 aromatic heterocycles. The molecule has 1 fully saturated rings. The summed E-state index contributed by atoms with van der Waals surface area (Å²) in [6, 6.07) is 5.16. The van der Waals surface area contributed by atoms with Crippen molar-refractivity contribution in [3.8, 4) is 5.75 Å². The van der Waals surface area contributed by atoms with Gasteiger partial charge in [-0.15, -0.1) is 0 Å². The van der Waals surface area contributed by atoms with Crippen LogP contribution in [0.15, 0.2) is 24.5 Å². The van der Waals surface area contributed by atoms with Gasteiger partial charge in [-0.05, 0) is 7.05 Å². The Hall–Kier alpha value is -3.14. The number of anilines is 4. The van der Waals surface area contributed by atoms with Gasteiger partial charge in [0.1, 0.15) is 36.0 Å². The fourth-order valence-corrected chi connectivity index (χ4v) is 3.51. The maximum absolute atomic E-state index is 11.7. The van der Waals surface area contributed by atoms with Crippen molar-refractivity contribution in [2.45, 2.75) is 6.04 Å². The number of aromatic nitrogens is 2. The van der Waals surface area contributed by atoms with Crippen molar-refractivity contribution < 1.29 is 9.66 Å². The molecule has 27 heavy (non-hydrogen) atoms. The lowest BCUT2D eigenvalue weighted by Gasteiger charge is -2.44. The summed E-state index contributed by atoms with van der Waals surface area (Å²) < 4.78 is 5.92. The minimum absolute atomic E-state index is 0.0125. The van der Waals surface area contributed by atoms with Crippen molar-refractivity contribution in [1.82, 2.24) is 14.9 Å². The fraction of sp³-hybridized carbons (Fsp3) is 0.412. The van der Waals surface area contributed by atoms with Crippen LogP contribution in [0.25, 0.3) is 0 Å². The van der Waals surface area contributed by atoms with E-state index in [-0.39, 0.29) is 16.7 Å². The van der Waals surface area contributed by atoms with Crippen LogP contribution in [0.5, 0.6) is 5.75 Å². The van der Waals surface area contributed by atoms with Gasteiger partial charge >= 0.3 is 0 Å². The van der Waals surface area contributed by atoms with Crippen LogP contribution in [-0.2, 0) is 0 Å². The molecule has 1 saturated heterocycles. The molecule has 10 heteroatoms. The molecular formula is C17H21N7O3. The van der Waals surface area contributed by atoms with E-state index in [0.29, 0.717) is 29.7 Å². The summed E-state index contributed by atoms with van der Waals surface area (Å²) in [5, 5.41) is 17.6. The van der Waals surface area contributed by atoms with E-state index in [1.54, 1.807) is 25.2 Å². The molecule has 142 valence electrons. The van der Waals surface area contributed by atoms with E-state index in [0.717, 1.165) is 25.3 Å². The van der Waals surface area contributed by atoms with Gasteiger partial charge in [-0.1, -0.05) is 0 Å². The molecule has 0 bridgehead atoms. The second-order valence-corrected chi connectivity index (χ2v) is 6.68. The van der Waals surface area contributed by atoms with Crippen LogP contribution in [0, 0.1) is 10.1 Å². The first-order valence-electron chi connectivity index (χ1n) is 8.72. The van der Waals surface area contributed by atoms with Crippen molar-refractivity contribution in [3.63, 3.8) is 0 Å². The number of piperazine rings is 1. The number of nitrogens with one attached hydrogen (secondary N) is 2. The highest BCUT2D eigenvalue weighted by molar-refractivity contribution is 5.78. The standard InChI is InChI=1S/C17H21N7O3/c1-18-16-7-17(20-10-19-16)21-12-5-15-14(6-13(12)24(25)26)23-4-3-22(2)8-11(23)9-27-15/h5-7,10-11H,3-4,8-9H2,1-2H3,(H2,18,19,20,21)/t11-/m0/s1. The summed E-state index contributed by atoms with van der Waals surface area (Å²) in [6.45, 7) is 3.17. The van der Waals surface area contributed by atoms with Gasteiger partial charge in [-0.25, -0.2) is 9.97 Å². The highest BCUT2D eigenvalue weighted by atomic mass is 16.6. The number of fused-ring (bicyclic) bond motifs is 3. The van der Waals surface area contributed by atoms with Crippen LogP contribution in [0.1, 0.15) is 0 Å².